The van der Waals surface area contributed by atoms with Gasteiger partial charge in [0.25, 0.3) is 0 Å². The van der Waals surface area contributed by atoms with Gasteiger partial charge in [-0.25, -0.2) is 4.39 Å². The first kappa shape index (κ1) is 30.1. The predicted octanol–water partition coefficient (Wildman–Crippen LogP) is 2.76. The number of primary amides is 1. The van der Waals surface area contributed by atoms with Crippen LogP contribution in [0.15, 0.2) is 66.7 Å². The van der Waals surface area contributed by atoms with Crippen LogP contribution in [0.5, 0.6) is 0 Å². The smallest absolute Gasteiger partial charge is 0.245 e. The van der Waals surface area contributed by atoms with E-state index >= 15 is 0 Å². The molecule has 9 heteroatoms. The summed E-state index contributed by atoms with van der Waals surface area (Å²) >= 11 is 0. The molecule has 1 aliphatic heterocycles. The molecule has 3 atom stereocenters. The zero-order valence-corrected chi connectivity index (χ0v) is 24.0. The topological polar surface area (TPSA) is 122 Å². The molecule has 0 radical (unpaired) electrons. The molecule has 1 heterocycles. The number of rotatable bonds is 10. The fraction of sp³-hybridized carbons (Fsp3) is 0.406. The number of nitrogens with zero attached hydrogens (tertiary/aromatic N) is 2. The lowest BCUT2D eigenvalue weighted by Gasteiger charge is -2.44. The van der Waals surface area contributed by atoms with E-state index in [0.29, 0.717) is 32.5 Å². The molecule has 0 saturated carbocycles. The van der Waals surface area contributed by atoms with Crippen LogP contribution in [0.3, 0.4) is 0 Å². The standard InChI is InChI=1S/C32H40FN5O3/c1-4-26-20-37(28(29(34)39)19-22-9-12-23-7-5-6-8-24(23)17-22)15-16-38(26)30(40)27(36-31(41)32(2,3)35)18-21-10-13-25(33)14-11-21/h5-14,17,26-28H,4,15-16,18-20,35H2,1-3H3,(H2,34,39)(H,36,41). The predicted molar refractivity (Wildman–Crippen MR) is 158 cm³/mol. The maximum absolute atomic E-state index is 13.9. The van der Waals surface area contributed by atoms with Crippen LogP contribution in [-0.4, -0.2) is 70.8 Å². The third-order valence-electron chi connectivity index (χ3n) is 7.82. The Kier molecular flexibility index (Phi) is 9.40. The number of piperazine rings is 1. The van der Waals surface area contributed by atoms with Crippen molar-refractivity contribution in [2.75, 3.05) is 19.6 Å². The van der Waals surface area contributed by atoms with Crippen LogP contribution in [0, 0.1) is 5.82 Å². The van der Waals surface area contributed by atoms with Crippen molar-refractivity contribution in [3.05, 3.63) is 83.7 Å². The molecule has 41 heavy (non-hydrogen) atoms. The van der Waals surface area contributed by atoms with E-state index < -0.39 is 29.4 Å². The average Bonchev–Trinajstić information content (AvgIpc) is 2.95. The molecule has 8 nitrogen and oxygen atoms in total. The van der Waals surface area contributed by atoms with Crippen molar-refractivity contribution in [3.8, 4) is 0 Å². The van der Waals surface area contributed by atoms with Crippen molar-refractivity contribution in [3.63, 3.8) is 0 Å². The van der Waals surface area contributed by atoms with Crippen LogP contribution in [0.1, 0.15) is 38.3 Å². The first-order chi connectivity index (χ1) is 19.5. The summed E-state index contributed by atoms with van der Waals surface area (Å²) in [6, 6.07) is 18.5. The second-order valence-corrected chi connectivity index (χ2v) is 11.5. The molecule has 0 aromatic heterocycles. The summed E-state index contributed by atoms with van der Waals surface area (Å²) in [5.41, 5.74) is 12.5. The third-order valence-corrected chi connectivity index (χ3v) is 7.82. The quantitative estimate of drug-likeness (QED) is 0.352. The van der Waals surface area contributed by atoms with Gasteiger partial charge in [-0.05, 0) is 60.7 Å². The molecule has 3 aromatic rings. The van der Waals surface area contributed by atoms with Gasteiger partial charge in [0.1, 0.15) is 11.9 Å². The molecule has 1 saturated heterocycles. The first-order valence-corrected chi connectivity index (χ1v) is 14.1. The number of hydrogen-bond donors (Lipinski definition) is 3. The van der Waals surface area contributed by atoms with Crippen molar-refractivity contribution in [2.45, 2.75) is 63.7 Å². The lowest BCUT2D eigenvalue weighted by molar-refractivity contribution is -0.142. The molecule has 1 aliphatic rings. The summed E-state index contributed by atoms with van der Waals surface area (Å²) in [6.07, 6.45) is 1.33. The Labute approximate surface area is 240 Å². The van der Waals surface area contributed by atoms with Gasteiger partial charge in [-0.2, -0.15) is 0 Å². The van der Waals surface area contributed by atoms with Crippen LogP contribution >= 0.6 is 0 Å². The molecule has 3 aromatic carbocycles. The molecular weight excluding hydrogens is 521 g/mol. The van der Waals surface area contributed by atoms with Crippen LogP contribution in [0.4, 0.5) is 4.39 Å². The molecule has 4 rings (SSSR count). The SMILES string of the molecule is CCC1CN(C(Cc2ccc3ccccc3c2)C(N)=O)CCN1C(=O)C(Cc1ccc(F)cc1)NC(=O)C(C)(C)N. The molecule has 0 bridgehead atoms. The minimum absolute atomic E-state index is 0.187. The Hall–Kier alpha value is -3.82. The molecule has 5 N–H and O–H groups in total. The van der Waals surface area contributed by atoms with Gasteiger partial charge in [0.05, 0.1) is 11.6 Å². The minimum atomic E-state index is -1.18. The van der Waals surface area contributed by atoms with Gasteiger partial charge in [-0.3, -0.25) is 19.3 Å². The molecule has 3 unspecified atom stereocenters. The van der Waals surface area contributed by atoms with E-state index in [1.165, 1.54) is 12.1 Å². The Balaban J connectivity index is 1.51. The number of nitrogens with one attached hydrogen (secondary N) is 1. The summed E-state index contributed by atoms with van der Waals surface area (Å²) in [5, 5.41) is 5.06. The number of carbonyl (C=O) groups excluding carboxylic acids is 3. The maximum atomic E-state index is 13.9. The van der Waals surface area contributed by atoms with Crippen molar-refractivity contribution in [1.82, 2.24) is 15.1 Å². The number of benzene rings is 3. The molecule has 218 valence electrons. The van der Waals surface area contributed by atoms with Gasteiger partial charge in [-0.1, -0.05) is 61.5 Å². The van der Waals surface area contributed by atoms with Gasteiger partial charge in [0.2, 0.25) is 17.7 Å². The number of nitrogens with two attached hydrogens (primary N) is 2. The largest absolute Gasteiger partial charge is 0.368 e. The monoisotopic (exact) mass is 561 g/mol. The Morgan fingerprint density at radius 3 is 2.27 bits per heavy atom. The van der Waals surface area contributed by atoms with Gasteiger partial charge in [0.15, 0.2) is 0 Å². The van der Waals surface area contributed by atoms with Gasteiger partial charge in [0, 0.05) is 32.1 Å². The fourth-order valence-corrected chi connectivity index (χ4v) is 5.40. The second kappa shape index (κ2) is 12.8. The summed E-state index contributed by atoms with van der Waals surface area (Å²) in [4.78, 5) is 43.2. The Morgan fingerprint density at radius 1 is 0.976 bits per heavy atom. The molecule has 3 amide bonds. The van der Waals surface area contributed by atoms with Gasteiger partial charge < -0.3 is 21.7 Å². The average molecular weight is 562 g/mol. The van der Waals surface area contributed by atoms with Crippen LogP contribution in [-0.2, 0) is 27.2 Å². The van der Waals surface area contributed by atoms with Crippen molar-refractivity contribution < 1.29 is 18.8 Å². The van der Waals surface area contributed by atoms with Gasteiger partial charge >= 0.3 is 0 Å². The number of fused-ring (bicyclic) bond motifs is 1. The van der Waals surface area contributed by atoms with Crippen LogP contribution in [0.25, 0.3) is 10.8 Å². The highest BCUT2D eigenvalue weighted by molar-refractivity contribution is 5.92. The lowest BCUT2D eigenvalue weighted by atomic mass is 9.97. The zero-order valence-electron chi connectivity index (χ0n) is 24.0. The zero-order chi connectivity index (χ0) is 29.7. The van der Waals surface area contributed by atoms with Crippen molar-refractivity contribution in [2.24, 2.45) is 11.5 Å². The number of carbonyl (C=O) groups is 3. The van der Waals surface area contributed by atoms with Crippen molar-refractivity contribution in [1.29, 1.82) is 0 Å². The minimum Gasteiger partial charge on any atom is -0.368 e. The van der Waals surface area contributed by atoms with E-state index in [0.717, 1.165) is 21.9 Å². The van der Waals surface area contributed by atoms with E-state index in [4.69, 9.17) is 11.5 Å². The fourth-order valence-electron chi connectivity index (χ4n) is 5.40. The molecule has 0 spiro atoms. The first-order valence-electron chi connectivity index (χ1n) is 14.1. The van der Waals surface area contributed by atoms with Crippen LogP contribution < -0.4 is 16.8 Å². The number of halogens is 1. The van der Waals surface area contributed by atoms with Gasteiger partial charge in [-0.15, -0.1) is 0 Å². The Bertz CT molecular complexity index is 1390. The summed E-state index contributed by atoms with van der Waals surface area (Å²) in [7, 11) is 0. The highest BCUT2D eigenvalue weighted by atomic mass is 19.1. The summed E-state index contributed by atoms with van der Waals surface area (Å²) < 4.78 is 13.5. The molecule has 0 aliphatic carbocycles. The van der Waals surface area contributed by atoms with E-state index in [1.54, 1.807) is 30.9 Å². The molecular formula is C32H40FN5O3. The normalized spacial score (nSPS) is 17.7. The third kappa shape index (κ3) is 7.48. The van der Waals surface area contributed by atoms with E-state index in [1.807, 2.05) is 43.3 Å². The highest BCUT2D eigenvalue weighted by Gasteiger charge is 2.38. The maximum Gasteiger partial charge on any atom is 0.245 e. The highest BCUT2D eigenvalue weighted by Crippen LogP contribution is 2.22. The second-order valence-electron chi connectivity index (χ2n) is 11.5. The van der Waals surface area contributed by atoms with E-state index in [-0.39, 0.29) is 24.2 Å². The molecule has 1 fully saturated rings. The van der Waals surface area contributed by atoms with E-state index in [9.17, 15) is 18.8 Å². The Morgan fingerprint density at radius 2 is 1.63 bits per heavy atom. The van der Waals surface area contributed by atoms with E-state index in [2.05, 4.69) is 16.3 Å². The van der Waals surface area contributed by atoms with Crippen LogP contribution in [0.2, 0.25) is 0 Å². The number of amides is 3. The number of hydrogen-bond acceptors (Lipinski definition) is 5. The lowest BCUT2D eigenvalue weighted by Crippen LogP contribution is -2.64. The van der Waals surface area contributed by atoms with Crippen molar-refractivity contribution >= 4 is 28.5 Å². The summed E-state index contributed by atoms with van der Waals surface area (Å²) in [5.74, 6) is -1.46. The summed E-state index contributed by atoms with van der Waals surface area (Å²) in [6.45, 7) is 6.46.